The number of piperazine rings is 1. The zero-order valence-corrected chi connectivity index (χ0v) is 14.1. The van der Waals surface area contributed by atoms with Crippen molar-refractivity contribution < 1.29 is 4.79 Å². The molecule has 0 radical (unpaired) electrons. The lowest BCUT2D eigenvalue weighted by Crippen LogP contribution is -2.44. The normalized spacial score (nSPS) is 14.6. The smallest absolute Gasteiger partial charge is 0.323 e. The molecule has 1 fully saturated rings. The number of carbonyl (C=O) groups is 1. The van der Waals surface area contributed by atoms with Crippen LogP contribution in [0.15, 0.2) is 42.6 Å². The maximum absolute atomic E-state index is 12.0. The van der Waals surface area contributed by atoms with Crippen LogP contribution in [0.25, 0.3) is 0 Å². The van der Waals surface area contributed by atoms with Crippen LogP contribution in [-0.4, -0.2) is 49.1 Å². The molecule has 0 bridgehead atoms. The molecule has 2 amide bonds. The van der Waals surface area contributed by atoms with Gasteiger partial charge in [0.05, 0.1) is 23.5 Å². The van der Waals surface area contributed by atoms with Gasteiger partial charge in [0.25, 0.3) is 0 Å². The lowest BCUT2D eigenvalue weighted by Gasteiger charge is -2.33. The first kappa shape index (κ1) is 16.7. The second-order valence-electron chi connectivity index (χ2n) is 5.96. The Hall–Kier alpha value is -3.11. The number of rotatable bonds is 3. The van der Waals surface area contributed by atoms with E-state index in [0.717, 1.165) is 32.0 Å². The Morgan fingerprint density at radius 2 is 1.68 bits per heavy atom. The van der Waals surface area contributed by atoms with Crippen LogP contribution < -0.4 is 15.5 Å². The molecule has 25 heavy (non-hydrogen) atoms. The lowest BCUT2D eigenvalue weighted by atomic mass is 10.2. The minimum absolute atomic E-state index is 0.348. The summed E-state index contributed by atoms with van der Waals surface area (Å²) in [5.74, 6) is 0.922. The van der Waals surface area contributed by atoms with E-state index in [1.54, 1.807) is 30.5 Å². The number of likely N-dealkylation sites (N-methyl/N-ethyl adjacent to an activating group) is 1. The summed E-state index contributed by atoms with van der Waals surface area (Å²) in [4.78, 5) is 21.0. The number of carbonyl (C=O) groups excluding carboxylic acids is 1. The van der Waals surface area contributed by atoms with E-state index in [1.165, 1.54) is 0 Å². The average Bonchev–Trinajstić information content (AvgIpc) is 2.64. The van der Waals surface area contributed by atoms with E-state index in [1.807, 2.05) is 18.2 Å². The van der Waals surface area contributed by atoms with Crippen molar-refractivity contribution in [2.45, 2.75) is 0 Å². The fraction of sp³-hybridized carbons (Fsp3) is 0.278. The second kappa shape index (κ2) is 7.64. The molecule has 1 saturated heterocycles. The van der Waals surface area contributed by atoms with Gasteiger partial charge in [-0.25, -0.2) is 9.78 Å². The number of pyridine rings is 1. The molecule has 0 atom stereocenters. The fourth-order valence-corrected chi connectivity index (χ4v) is 2.60. The van der Waals surface area contributed by atoms with E-state index in [2.05, 4.69) is 32.5 Å². The van der Waals surface area contributed by atoms with Gasteiger partial charge in [0.15, 0.2) is 0 Å². The maximum Gasteiger partial charge on any atom is 0.323 e. The molecular formula is C18H20N6O. The molecule has 0 spiro atoms. The second-order valence-corrected chi connectivity index (χ2v) is 5.96. The van der Waals surface area contributed by atoms with E-state index in [0.29, 0.717) is 16.9 Å². The van der Waals surface area contributed by atoms with Crippen molar-refractivity contribution in [3.63, 3.8) is 0 Å². The van der Waals surface area contributed by atoms with Crippen LogP contribution in [0.1, 0.15) is 5.56 Å². The van der Waals surface area contributed by atoms with Crippen LogP contribution in [0.3, 0.4) is 0 Å². The molecule has 0 aliphatic carbocycles. The summed E-state index contributed by atoms with van der Waals surface area (Å²) in [6.45, 7) is 3.95. The Labute approximate surface area is 146 Å². The summed E-state index contributed by atoms with van der Waals surface area (Å²) in [7, 11) is 2.12. The van der Waals surface area contributed by atoms with Crippen molar-refractivity contribution in [2.24, 2.45) is 0 Å². The minimum Gasteiger partial charge on any atom is -0.354 e. The Bertz CT molecular complexity index is 758. The molecule has 7 heteroatoms. The summed E-state index contributed by atoms with van der Waals surface area (Å²) < 4.78 is 0. The first-order chi connectivity index (χ1) is 12.1. The average molecular weight is 336 g/mol. The first-order valence-corrected chi connectivity index (χ1v) is 8.12. The van der Waals surface area contributed by atoms with E-state index < -0.39 is 0 Å². The third-order valence-corrected chi connectivity index (χ3v) is 4.10. The summed E-state index contributed by atoms with van der Waals surface area (Å²) in [6, 6.07) is 12.1. The molecule has 2 aromatic rings. The molecule has 128 valence electrons. The Morgan fingerprint density at radius 1 is 1.04 bits per heavy atom. The number of urea groups is 1. The molecule has 1 aliphatic heterocycles. The van der Waals surface area contributed by atoms with Crippen LogP contribution in [0.5, 0.6) is 0 Å². The fourth-order valence-electron chi connectivity index (χ4n) is 2.60. The van der Waals surface area contributed by atoms with Crippen LogP contribution in [-0.2, 0) is 0 Å². The van der Waals surface area contributed by atoms with Gasteiger partial charge in [-0.3, -0.25) is 0 Å². The number of nitriles is 1. The number of hydrogen-bond donors (Lipinski definition) is 2. The number of aromatic nitrogens is 1. The van der Waals surface area contributed by atoms with E-state index in [9.17, 15) is 4.79 Å². The SMILES string of the molecule is CN1CCN(c2ccc(NC(=O)Nc3ccc(C#N)cc3)cn2)CC1. The van der Waals surface area contributed by atoms with Crippen molar-refractivity contribution >= 4 is 23.2 Å². The minimum atomic E-state index is -0.348. The third kappa shape index (κ3) is 4.46. The van der Waals surface area contributed by atoms with Gasteiger partial charge in [-0.15, -0.1) is 0 Å². The van der Waals surface area contributed by atoms with Gasteiger partial charge in [-0.05, 0) is 43.4 Å². The summed E-state index contributed by atoms with van der Waals surface area (Å²) in [5, 5.41) is 14.2. The van der Waals surface area contributed by atoms with Crippen molar-refractivity contribution in [3.8, 4) is 6.07 Å². The molecule has 7 nitrogen and oxygen atoms in total. The van der Waals surface area contributed by atoms with E-state index in [4.69, 9.17) is 5.26 Å². The van der Waals surface area contributed by atoms with Crippen molar-refractivity contribution in [1.82, 2.24) is 9.88 Å². The predicted octanol–water partition coefficient (Wildman–Crippen LogP) is 2.35. The van der Waals surface area contributed by atoms with E-state index >= 15 is 0 Å². The summed E-state index contributed by atoms with van der Waals surface area (Å²) >= 11 is 0. The molecule has 1 aromatic heterocycles. The molecular weight excluding hydrogens is 316 g/mol. The highest BCUT2D eigenvalue weighted by Gasteiger charge is 2.15. The van der Waals surface area contributed by atoms with Gasteiger partial charge in [-0.1, -0.05) is 0 Å². The monoisotopic (exact) mass is 336 g/mol. The summed E-state index contributed by atoms with van der Waals surface area (Å²) in [5.41, 5.74) is 1.80. The first-order valence-electron chi connectivity index (χ1n) is 8.12. The van der Waals surface area contributed by atoms with Gasteiger partial charge >= 0.3 is 6.03 Å². The van der Waals surface area contributed by atoms with Crippen LogP contribution in [0.4, 0.5) is 22.0 Å². The number of benzene rings is 1. The zero-order valence-electron chi connectivity index (χ0n) is 14.1. The zero-order chi connectivity index (χ0) is 17.6. The van der Waals surface area contributed by atoms with Gasteiger partial charge in [0, 0.05) is 31.9 Å². The predicted molar refractivity (Wildman–Crippen MR) is 97.7 cm³/mol. The number of nitrogens with zero attached hydrogens (tertiary/aromatic N) is 4. The molecule has 3 rings (SSSR count). The maximum atomic E-state index is 12.0. The Balaban J connectivity index is 1.55. The van der Waals surface area contributed by atoms with Crippen LogP contribution in [0.2, 0.25) is 0 Å². The standard InChI is InChI=1S/C18H20N6O/c1-23-8-10-24(11-9-23)17-7-6-16(13-20-17)22-18(25)21-15-4-2-14(12-19)3-5-15/h2-7,13H,8-11H2,1H3,(H2,21,22,25). The lowest BCUT2D eigenvalue weighted by molar-refractivity contribution is 0.262. The molecule has 1 aromatic carbocycles. The van der Waals surface area contributed by atoms with Crippen molar-refractivity contribution in [2.75, 3.05) is 48.8 Å². The summed E-state index contributed by atoms with van der Waals surface area (Å²) in [6.07, 6.45) is 1.66. The van der Waals surface area contributed by atoms with Gasteiger partial charge in [-0.2, -0.15) is 5.26 Å². The van der Waals surface area contributed by atoms with Crippen LogP contribution in [0, 0.1) is 11.3 Å². The van der Waals surface area contributed by atoms with E-state index in [-0.39, 0.29) is 6.03 Å². The van der Waals surface area contributed by atoms with Gasteiger partial charge in [0.1, 0.15) is 5.82 Å². The number of hydrogen-bond acceptors (Lipinski definition) is 5. The van der Waals surface area contributed by atoms with Crippen LogP contribution >= 0.6 is 0 Å². The molecule has 0 saturated carbocycles. The van der Waals surface area contributed by atoms with Gasteiger partial charge in [0.2, 0.25) is 0 Å². The van der Waals surface area contributed by atoms with Crippen molar-refractivity contribution in [1.29, 1.82) is 5.26 Å². The quantitative estimate of drug-likeness (QED) is 0.899. The molecule has 2 heterocycles. The molecule has 1 aliphatic rings. The van der Waals surface area contributed by atoms with Gasteiger partial charge < -0.3 is 20.4 Å². The topological polar surface area (TPSA) is 84.3 Å². The third-order valence-electron chi connectivity index (χ3n) is 4.10. The highest BCUT2D eigenvalue weighted by Crippen LogP contribution is 2.16. The largest absolute Gasteiger partial charge is 0.354 e. The number of amides is 2. The Morgan fingerprint density at radius 3 is 2.28 bits per heavy atom. The molecule has 2 N–H and O–H groups in total. The highest BCUT2D eigenvalue weighted by atomic mass is 16.2. The Kier molecular flexibility index (Phi) is 5.11. The molecule has 0 unspecified atom stereocenters. The highest BCUT2D eigenvalue weighted by molar-refractivity contribution is 5.99. The number of anilines is 3. The van der Waals surface area contributed by atoms with Crippen molar-refractivity contribution in [3.05, 3.63) is 48.2 Å². The number of nitrogens with one attached hydrogen (secondary N) is 2.